The summed E-state index contributed by atoms with van der Waals surface area (Å²) in [6.45, 7) is 8.86. The average Bonchev–Trinajstić information content (AvgIpc) is 3.68. The van der Waals surface area contributed by atoms with Crippen molar-refractivity contribution < 1.29 is 4.74 Å². The van der Waals surface area contributed by atoms with Crippen LogP contribution in [-0.2, 0) is 19.4 Å². The Morgan fingerprint density at radius 1 is 0.851 bits per heavy atom. The molecule has 6 rings (SSSR count). The molecule has 6 nitrogen and oxygen atoms in total. The largest absolute Gasteiger partial charge is 0.457 e. The number of nitriles is 1. The summed E-state index contributed by atoms with van der Waals surface area (Å²) in [4.78, 5) is 7.85. The van der Waals surface area contributed by atoms with Crippen LogP contribution in [0.4, 0.5) is 0 Å². The van der Waals surface area contributed by atoms with Crippen LogP contribution < -0.4 is 4.74 Å². The molecule has 7 heteroatoms. The number of imidazole rings is 1. The van der Waals surface area contributed by atoms with Crippen LogP contribution in [0.2, 0.25) is 5.02 Å². The van der Waals surface area contributed by atoms with Gasteiger partial charge >= 0.3 is 0 Å². The van der Waals surface area contributed by atoms with Gasteiger partial charge in [0.15, 0.2) is 0 Å². The van der Waals surface area contributed by atoms with E-state index in [0.29, 0.717) is 10.9 Å². The van der Waals surface area contributed by atoms with Crippen LogP contribution in [-0.4, -0.2) is 38.7 Å². The van der Waals surface area contributed by atoms with E-state index in [9.17, 15) is 5.26 Å². The van der Waals surface area contributed by atoms with E-state index in [-0.39, 0.29) is 0 Å². The van der Waals surface area contributed by atoms with Gasteiger partial charge in [0, 0.05) is 52.9 Å². The quantitative estimate of drug-likeness (QED) is 0.113. The van der Waals surface area contributed by atoms with Crippen molar-refractivity contribution in [1.29, 1.82) is 5.26 Å². The van der Waals surface area contributed by atoms with Crippen molar-refractivity contribution in [2.45, 2.75) is 84.1 Å². The zero-order chi connectivity index (χ0) is 32.6. The number of aromatic nitrogens is 3. The van der Waals surface area contributed by atoms with Gasteiger partial charge in [-0.2, -0.15) is 5.26 Å². The Kier molecular flexibility index (Phi) is 11.0. The molecule has 1 fully saturated rings. The summed E-state index contributed by atoms with van der Waals surface area (Å²) in [6.07, 6.45) is 14.7. The van der Waals surface area contributed by atoms with Crippen molar-refractivity contribution >= 4 is 22.5 Å². The number of halogens is 1. The van der Waals surface area contributed by atoms with E-state index in [4.69, 9.17) is 21.3 Å². The second-order valence-corrected chi connectivity index (χ2v) is 13.3. The van der Waals surface area contributed by atoms with E-state index in [2.05, 4.69) is 70.6 Å². The predicted molar refractivity (Wildman–Crippen MR) is 192 cm³/mol. The fourth-order valence-corrected chi connectivity index (χ4v) is 6.98. The van der Waals surface area contributed by atoms with Gasteiger partial charge in [0.1, 0.15) is 17.3 Å². The van der Waals surface area contributed by atoms with Crippen LogP contribution in [0, 0.1) is 11.3 Å². The molecule has 3 aromatic carbocycles. The lowest BCUT2D eigenvalue weighted by molar-refractivity contribution is 0.207. The van der Waals surface area contributed by atoms with E-state index in [1.165, 1.54) is 28.6 Å². The Morgan fingerprint density at radius 2 is 1.60 bits per heavy atom. The number of hydrogen-bond donors (Lipinski definition) is 0. The molecule has 1 saturated heterocycles. The number of rotatable bonds is 14. The molecule has 2 aromatic heterocycles. The molecule has 1 aliphatic rings. The predicted octanol–water partition coefficient (Wildman–Crippen LogP) is 10.1. The van der Waals surface area contributed by atoms with Gasteiger partial charge in [0.2, 0.25) is 0 Å². The van der Waals surface area contributed by atoms with Gasteiger partial charge in [0.05, 0.1) is 17.3 Å². The highest BCUT2D eigenvalue weighted by molar-refractivity contribution is 6.30. The normalized spacial score (nSPS) is 14.1. The van der Waals surface area contributed by atoms with Gasteiger partial charge in [-0.3, -0.25) is 0 Å². The Labute approximate surface area is 284 Å². The highest BCUT2D eigenvalue weighted by atomic mass is 35.5. The maximum atomic E-state index is 9.43. The standard InChI is InChI=1S/C40H46ClN5O/c1-3-5-9-40-43-38(29-46(40)34-13-17-36(18-14-34)47-35-15-11-33(41)12-16-35)31-20-24-44(25-21-31)23-7-6-8-32-28-45(22-4-2)39-19-10-30(27-42)26-37(32)39/h10-19,26,28-29,31H,3-9,20-25H2,1-2H3. The molecule has 0 atom stereocenters. The average molecular weight is 648 g/mol. The second-order valence-electron chi connectivity index (χ2n) is 12.9. The lowest BCUT2D eigenvalue weighted by atomic mass is 9.94. The number of ether oxygens (including phenoxy) is 1. The molecule has 0 unspecified atom stereocenters. The molecule has 0 bridgehead atoms. The fourth-order valence-electron chi connectivity index (χ4n) is 6.85. The van der Waals surface area contributed by atoms with E-state index >= 15 is 0 Å². The highest BCUT2D eigenvalue weighted by Gasteiger charge is 2.24. The summed E-state index contributed by atoms with van der Waals surface area (Å²) in [6, 6.07) is 24.2. The minimum Gasteiger partial charge on any atom is -0.457 e. The van der Waals surface area contributed by atoms with Crippen molar-refractivity contribution in [1.82, 2.24) is 19.0 Å². The van der Waals surface area contributed by atoms with E-state index in [1.54, 1.807) is 0 Å². The summed E-state index contributed by atoms with van der Waals surface area (Å²) in [5, 5.41) is 11.4. The molecule has 0 radical (unpaired) electrons. The minimum absolute atomic E-state index is 0.499. The summed E-state index contributed by atoms with van der Waals surface area (Å²) >= 11 is 6.02. The summed E-state index contributed by atoms with van der Waals surface area (Å²) < 4.78 is 10.7. The van der Waals surface area contributed by atoms with Crippen molar-refractivity contribution in [2.24, 2.45) is 0 Å². The first-order valence-corrected chi connectivity index (χ1v) is 17.8. The van der Waals surface area contributed by atoms with Gasteiger partial charge in [0.25, 0.3) is 0 Å². The van der Waals surface area contributed by atoms with Gasteiger partial charge < -0.3 is 18.8 Å². The third kappa shape index (κ3) is 8.09. The van der Waals surface area contributed by atoms with Crippen molar-refractivity contribution in [3.05, 3.63) is 107 Å². The lowest BCUT2D eigenvalue weighted by Gasteiger charge is -2.31. The molecule has 0 spiro atoms. The van der Waals surface area contributed by atoms with Crippen molar-refractivity contribution in [2.75, 3.05) is 19.6 Å². The smallest absolute Gasteiger partial charge is 0.127 e. The molecule has 1 aliphatic heterocycles. The molecular weight excluding hydrogens is 602 g/mol. The highest BCUT2D eigenvalue weighted by Crippen LogP contribution is 2.31. The SMILES string of the molecule is CCCCc1nc(C2CCN(CCCCc3cn(CCC)c4ccc(C#N)cc34)CC2)cn1-c1ccc(Oc2ccc(Cl)cc2)cc1. The number of aryl methyl sites for hydroxylation is 3. The molecule has 5 aromatic rings. The topological polar surface area (TPSA) is 59.0 Å². The molecule has 0 amide bonds. The zero-order valence-electron chi connectivity index (χ0n) is 27.8. The van der Waals surface area contributed by atoms with Crippen LogP contribution in [0.1, 0.15) is 87.4 Å². The molecule has 0 N–H and O–H groups in total. The van der Waals surface area contributed by atoms with Crippen molar-refractivity contribution in [3.8, 4) is 23.3 Å². The van der Waals surface area contributed by atoms with Crippen LogP contribution in [0.15, 0.2) is 79.1 Å². The Hall–Kier alpha value is -4.05. The van der Waals surface area contributed by atoms with Crippen LogP contribution in [0.25, 0.3) is 16.6 Å². The molecule has 47 heavy (non-hydrogen) atoms. The molecule has 0 saturated carbocycles. The number of likely N-dealkylation sites (tertiary alicyclic amines) is 1. The molecule has 0 aliphatic carbocycles. The number of benzene rings is 3. The maximum absolute atomic E-state index is 9.43. The number of nitrogens with zero attached hydrogens (tertiary/aromatic N) is 5. The monoisotopic (exact) mass is 647 g/mol. The lowest BCUT2D eigenvalue weighted by Crippen LogP contribution is -2.33. The first-order chi connectivity index (χ1) is 23.0. The van der Waals surface area contributed by atoms with Crippen LogP contribution in [0.5, 0.6) is 11.5 Å². The first-order valence-electron chi connectivity index (χ1n) is 17.4. The van der Waals surface area contributed by atoms with Gasteiger partial charge in [-0.15, -0.1) is 0 Å². The first kappa shape index (κ1) is 32.9. The van der Waals surface area contributed by atoms with Gasteiger partial charge in [-0.05, 0) is 137 Å². The Morgan fingerprint density at radius 3 is 2.30 bits per heavy atom. The Bertz CT molecular complexity index is 1790. The van der Waals surface area contributed by atoms with E-state index in [0.717, 1.165) is 106 Å². The third-order valence-corrected chi connectivity index (χ3v) is 9.70. The fraction of sp³-hybridized carbons (Fsp3) is 0.400. The summed E-state index contributed by atoms with van der Waals surface area (Å²) in [5.41, 5.74) is 5.73. The number of unbranched alkanes of at least 4 members (excludes halogenated alkanes) is 2. The maximum Gasteiger partial charge on any atom is 0.127 e. The number of piperidine rings is 1. The number of fused-ring (bicyclic) bond motifs is 1. The van der Waals surface area contributed by atoms with Crippen LogP contribution in [0.3, 0.4) is 0 Å². The zero-order valence-corrected chi connectivity index (χ0v) is 28.6. The van der Waals surface area contributed by atoms with E-state index < -0.39 is 0 Å². The molecule has 3 heterocycles. The Balaban J connectivity index is 1.03. The summed E-state index contributed by atoms with van der Waals surface area (Å²) in [5.74, 6) is 3.22. The van der Waals surface area contributed by atoms with E-state index in [1.807, 2.05) is 42.5 Å². The third-order valence-electron chi connectivity index (χ3n) is 9.45. The number of hydrogen-bond acceptors (Lipinski definition) is 4. The molecular formula is C40H46ClN5O. The minimum atomic E-state index is 0.499. The second kappa shape index (κ2) is 15.7. The van der Waals surface area contributed by atoms with Crippen LogP contribution >= 0.6 is 11.6 Å². The van der Waals surface area contributed by atoms with Gasteiger partial charge in [-0.25, -0.2) is 4.98 Å². The van der Waals surface area contributed by atoms with Crippen molar-refractivity contribution in [3.63, 3.8) is 0 Å². The van der Waals surface area contributed by atoms with Gasteiger partial charge in [-0.1, -0.05) is 31.9 Å². The summed E-state index contributed by atoms with van der Waals surface area (Å²) in [7, 11) is 0. The molecule has 244 valence electrons.